The lowest BCUT2D eigenvalue weighted by Gasteiger charge is -2.02. The lowest BCUT2D eigenvalue weighted by Crippen LogP contribution is -2.05. The minimum Gasteiger partial charge on any atom is -0.466 e. The number of rotatable bonds is 7. The Kier molecular flexibility index (Phi) is 8.05. The van der Waals surface area contributed by atoms with Crippen molar-refractivity contribution in [2.24, 2.45) is 0 Å². The average Bonchev–Trinajstić information content (AvgIpc) is 2.02. The third-order valence-electron chi connectivity index (χ3n) is 1.19. The van der Waals surface area contributed by atoms with Crippen molar-refractivity contribution in [1.82, 2.24) is 0 Å². The number of aliphatic hydroxyl groups excluding tert-OH is 1. The Morgan fingerprint density at radius 1 is 1.25 bits per heavy atom. The molecule has 0 aliphatic heterocycles. The summed E-state index contributed by atoms with van der Waals surface area (Å²) in [5, 5.41) is 8.39. The van der Waals surface area contributed by atoms with Gasteiger partial charge in [-0.3, -0.25) is 4.79 Å². The first kappa shape index (κ1) is 11.4. The molecule has 12 heavy (non-hydrogen) atoms. The van der Waals surface area contributed by atoms with E-state index in [1.807, 2.05) is 0 Å². The van der Waals surface area contributed by atoms with Crippen LogP contribution >= 0.6 is 0 Å². The number of hydrogen-bond acceptors (Lipinski definition) is 4. The number of aliphatic hydroxyl groups is 1. The first-order valence-corrected chi connectivity index (χ1v) is 4.09. The molecule has 0 aromatic rings. The third kappa shape index (κ3) is 9.39. The molecule has 0 spiro atoms. The van der Waals surface area contributed by atoms with Gasteiger partial charge >= 0.3 is 5.97 Å². The fourth-order valence-corrected chi connectivity index (χ4v) is 0.646. The Bertz CT molecular complexity index is 114. The van der Waals surface area contributed by atoms with E-state index in [1.54, 1.807) is 0 Å². The summed E-state index contributed by atoms with van der Waals surface area (Å²) < 4.78 is 9.78. The molecule has 0 radical (unpaired) electrons. The number of ether oxygens (including phenoxy) is 2. The lowest BCUT2D eigenvalue weighted by atomic mass is 10.4. The average molecular weight is 176 g/mol. The molecule has 4 heteroatoms. The zero-order chi connectivity index (χ0) is 9.23. The van der Waals surface area contributed by atoms with Gasteiger partial charge in [0.25, 0.3) is 0 Å². The topological polar surface area (TPSA) is 55.8 Å². The minimum absolute atomic E-state index is 0.157. The van der Waals surface area contributed by atoms with Crippen LogP contribution in [0.15, 0.2) is 0 Å². The molecule has 0 aromatic carbocycles. The molecule has 0 heterocycles. The molecule has 72 valence electrons. The third-order valence-corrected chi connectivity index (χ3v) is 1.19. The molecule has 0 saturated carbocycles. The SMILES string of the molecule is CC(=O)OCCCOCCCO. The summed E-state index contributed by atoms with van der Waals surface area (Å²) in [6.45, 7) is 3.09. The predicted molar refractivity (Wildman–Crippen MR) is 43.8 cm³/mol. The highest BCUT2D eigenvalue weighted by molar-refractivity contribution is 5.65. The highest BCUT2D eigenvalue weighted by Gasteiger charge is 1.92. The van der Waals surface area contributed by atoms with Gasteiger partial charge in [-0.05, 0) is 6.42 Å². The van der Waals surface area contributed by atoms with Gasteiger partial charge in [0.1, 0.15) is 0 Å². The van der Waals surface area contributed by atoms with Gasteiger partial charge in [-0.25, -0.2) is 0 Å². The van der Waals surface area contributed by atoms with Gasteiger partial charge in [0.05, 0.1) is 6.61 Å². The fourth-order valence-electron chi connectivity index (χ4n) is 0.646. The van der Waals surface area contributed by atoms with Gasteiger partial charge in [-0.2, -0.15) is 0 Å². The van der Waals surface area contributed by atoms with Crippen LogP contribution in [0.4, 0.5) is 0 Å². The van der Waals surface area contributed by atoms with Crippen molar-refractivity contribution in [3.8, 4) is 0 Å². The van der Waals surface area contributed by atoms with E-state index in [4.69, 9.17) is 9.84 Å². The molecule has 0 aliphatic rings. The monoisotopic (exact) mass is 176 g/mol. The summed E-state index contributed by atoms with van der Waals surface area (Å²) in [7, 11) is 0. The second-order valence-corrected chi connectivity index (χ2v) is 2.38. The Labute approximate surface area is 72.5 Å². The van der Waals surface area contributed by atoms with Crippen molar-refractivity contribution in [1.29, 1.82) is 0 Å². The molecule has 0 amide bonds. The molecule has 0 unspecified atom stereocenters. The summed E-state index contributed by atoms with van der Waals surface area (Å²) in [5.41, 5.74) is 0. The van der Waals surface area contributed by atoms with E-state index in [1.165, 1.54) is 6.92 Å². The summed E-state index contributed by atoms with van der Waals surface area (Å²) >= 11 is 0. The normalized spacial score (nSPS) is 9.83. The van der Waals surface area contributed by atoms with Crippen molar-refractivity contribution in [3.63, 3.8) is 0 Å². The molecule has 0 fully saturated rings. The maximum Gasteiger partial charge on any atom is 0.302 e. The zero-order valence-corrected chi connectivity index (χ0v) is 7.41. The van der Waals surface area contributed by atoms with E-state index in [0.29, 0.717) is 32.7 Å². The van der Waals surface area contributed by atoms with E-state index < -0.39 is 0 Å². The molecule has 0 bridgehead atoms. The summed E-state index contributed by atoms with van der Waals surface area (Å²) in [4.78, 5) is 10.3. The van der Waals surface area contributed by atoms with Crippen molar-refractivity contribution in [3.05, 3.63) is 0 Å². The quantitative estimate of drug-likeness (QED) is 0.449. The van der Waals surface area contributed by atoms with Crippen LogP contribution in [-0.2, 0) is 14.3 Å². The predicted octanol–water partition coefficient (Wildman–Crippen LogP) is 0.339. The Morgan fingerprint density at radius 3 is 2.50 bits per heavy atom. The Balaban J connectivity index is 2.86. The van der Waals surface area contributed by atoms with Gasteiger partial charge in [-0.15, -0.1) is 0 Å². The van der Waals surface area contributed by atoms with Gasteiger partial charge in [0.2, 0.25) is 0 Å². The molecular weight excluding hydrogens is 160 g/mol. The summed E-state index contributed by atoms with van der Waals surface area (Å²) in [6.07, 6.45) is 1.37. The van der Waals surface area contributed by atoms with Crippen molar-refractivity contribution >= 4 is 5.97 Å². The van der Waals surface area contributed by atoms with Crippen LogP contribution in [0, 0.1) is 0 Å². The number of hydrogen-bond donors (Lipinski definition) is 1. The van der Waals surface area contributed by atoms with Gasteiger partial charge in [0, 0.05) is 33.2 Å². The van der Waals surface area contributed by atoms with E-state index in [-0.39, 0.29) is 12.6 Å². The number of carbonyl (C=O) groups excluding carboxylic acids is 1. The largest absolute Gasteiger partial charge is 0.466 e. The molecule has 4 nitrogen and oxygen atoms in total. The van der Waals surface area contributed by atoms with Crippen LogP contribution in [0.1, 0.15) is 19.8 Å². The zero-order valence-electron chi connectivity index (χ0n) is 7.41. The molecule has 0 atom stereocenters. The van der Waals surface area contributed by atoms with Crippen LogP contribution < -0.4 is 0 Å². The second kappa shape index (κ2) is 8.49. The van der Waals surface area contributed by atoms with Crippen molar-refractivity contribution < 1.29 is 19.4 Å². The molecule has 1 N–H and O–H groups in total. The van der Waals surface area contributed by atoms with Crippen LogP contribution in [0.25, 0.3) is 0 Å². The highest BCUT2D eigenvalue weighted by Crippen LogP contribution is 1.87. The van der Waals surface area contributed by atoms with Gasteiger partial charge in [0.15, 0.2) is 0 Å². The maximum atomic E-state index is 10.3. The minimum atomic E-state index is -0.259. The van der Waals surface area contributed by atoms with Crippen molar-refractivity contribution in [2.75, 3.05) is 26.4 Å². The van der Waals surface area contributed by atoms with Gasteiger partial charge in [-0.1, -0.05) is 0 Å². The van der Waals surface area contributed by atoms with E-state index in [0.717, 1.165) is 0 Å². The molecular formula is C8H16O4. The second-order valence-electron chi connectivity index (χ2n) is 2.38. The fraction of sp³-hybridized carbons (Fsp3) is 0.875. The van der Waals surface area contributed by atoms with E-state index in [2.05, 4.69) is 4.74 Å². The summed E-state index contributed by atoms with van der Waals surface area (Å²) in [6, 6.07) is 0. The molecule has 0 rings (SSSR count). The number of carbonyl (C=O) groups is 1. The molecule has 0 saturated heterocycles. The van der Waals surface area contributed by atoms with Crippen LogP contribution in [0.3, 0.4) is 0 Å². The van der Waals surface area contributed by atoms with Crippen LogP contribution in [0.2, 0.25) is 0 Å². The van der Waals surface area contributed by atoms with Gasteiger partial charge < -0.3 is 14.6 Å². The van der Waals surface area contributed by atoms with Crippen LogP contribution in [0.5, 0.6) is 0 Å². The van der Waals surface area contributed by atoms with E-state index >= 15 is 0 Å². The standard InChI is InChI=1S/C8H16O4/c1-8(10)12-7-3-6-11-5-2-4-9/h9H,2-7H2,1H3. The Hall–Kier alpha value is -0.610. The maximum absolute atomic E-state index is 10.3. The summed E-state index contributed by atoms with van der Waals surface area (Å²) in [5.74, 6) is -0.259. The first-order chi connectivity index (χ1) is 5.77. The lowest BCUT2D eigenvalue weighted by molar-refractivity contribution is -0.141. The Morgan fingerprint density at radius 2 is 1.92 bits per heavy atom. The van der Waals surface area contributed by atoms with Crippen molar-refractivity contribution in [2.45, 2.75) is 19.8 Å². The highest BCUT2D eigenvalue weighted by atomic mass is 16.5. The number of esters is 1. The molecule has 0 aliphatic carbocycles. The molecule has 0 aromatic heterocycles. The smallest absolute Gasteiger partial charge is 0.302 e. The van der Waals surface area contributed by atoms with Crippen LogP contribution in [-0.4, -0.2) is 37.5 Å². The van der Waals surface area contributed by atoms with E-state index in [9.17, 15) is 4.79 Å². The first-order valence-electron chi connectivity index (χ1n) is 4.09.